The van der Waals surface area contributed by atoms with Crippen LogP contribution >= 0.6 is 0 Å². The summed E-state index contributed by atoms with van der Waals surface area (Å²) in [6.07, 6.45) is -0.485. The number of carboxylic acids is 1. The lowest BCUT2D eigenvalue weighted by Crippen LogP contribution is -2.57. The van der Waals surface area contributed by atoms with Crippen molar-refractivity contribution in [1.29, 1.82) is 0 Å². The first-order valence-corrected chi connectivity index (χ1v) is 10.1. The first kappa shape index (κ1) is 26.1. The van der Waals surface area contributed by atoms with Crippen molar-refractivity contribution < 1.29 is 29.4 Å². The molecule has 5 atom stereocenters. The molecule has 0 heterocycles. The number of nitrogens with two attached hydrogens (primary N) is 1. The lowest BCUT2D eigenvalue weighted by molar-refractivity contribution is -0.145. The van der Waals surface area contributed by atoms with Crippen molar-refractivity contribution in [2.24, 2.45) is 11.7 Å². The van der Waals surface area contributed by atoms with E-state index < -0.39 is 47.9 Å². The Morgan fingerprint density at radius 1 is 1.00 bits per heavy atom. The molecule has 0 bridgehead atoms. The number of hydrogen-bond acceptors (Lipinski definition) is 6. The number of carboxylic acid groups (broad SMARTS) is 1. The van der Waals surface area contributed by atoms with Crippen molar-refractivity contribution in [1.82, 2.24) is 16.0 Å². The van der Waals surface area contributed by atoms with Crippen LogP contribution in [0.25, 0.3) is 0 Å². The van der Waals surface area contributed by atoms with Gasteiger partial charge in [-0.25, -0.2) is 4.79 Å². The standard InChI is InChI=1S/C21H32N4O6/c1-4-12(2)17(20(29)25-18(13(3)26)21(30)31)24-16(27)11-23-19(28)15(22)10-14-8-6-5-7-9-14/h5-9,12-13,15,17-18,26H,4,10-11,22H2,1-3H3,(H,23,28)(H,24,27)(H,25,29)(H,30,31). The summed E-state index contributed by atoms with van der Waals surface area (Å²) in [6, 6.07) is 5.81. The maximum Gasteiger partial charge on any atom is 0.328 e. The minimum atomic E-state index is -1.51. The minimum absolute atomic E-state index is 0.308. The summed E-state index contributed by atoms with van der Waals surface area (Å²) < 4.78 is 0. The third-order valence-corrected chi connectivity index (χ3v) is 4.92. The van der Waals surface area contributed by atoms with Gasteiger partial charge in [0, 0.05) is 0 Å². The number of aliphatic hydroxyl groups excluding tert-OH is 1. The van der Waals surface area contributed by atoms with E-state index in [9.17, 15) is 24.3 Å². The van der Waals surface area contributed by atoms with Crippen LogP contribution in [0.5, 0.6) is 0 Å². The van der Waals surface area contributed by atoms with Crippen molar-refractivity contribution in [2.45, 2.75) is 57.8 Å². The van der Waals surface area contributed by atoms with Gasteiger partial charge in [0.2, 0.25) is 17.7 Å². The van der Waals surface area contributed by atoms with E-state index >= 15 is 0 Å². The Labute approximate surface area is 181 Å². The number of hydrogen-bond donors (Lipinski definition) is 6. The molecular weight excluding hydrogens is 404 g/mol. The van der Waals surface area contributed by atoms with Crippen LogP contribution in [-0.2, 0) is 25.6 Å². The summed E-state index contributed by atoms with van der Waals surface area (Å²) in [5.41, 5.74) is 6.76. The zero-order valence-corrected chi connectivity index (χ0v) is 18.0. The van der Waals surface area contributed by atoms with Gasteiger partial charge in [-0.15, -0.1) is 0 Å². The second-order valence-electron chi connectivity index (χ2n) is 7.51. The molecule has 1 rings (SSSR count). The topological polar surface area (TPSA) is 171 Å². The zero-order valence-electron chi connectivity index (χ0n) is 18.0. The van der Waals surface area contributed by atoms with Gasteiger partial charge in [0.1, 0.15) is 6.04 Å². The van der Waals surface area contributed by atoms with E-state index in [2.05, 4.69) is 16.0 Å². The normalized spacial score (nSPS) is 15.6. The van der Waals surface area contributed by atoms with Crippen LogP contribution in [0.2, 0.25) is 0 Å². The molecule has 0 aliphatic rings. The van der Waals surface area contributed by atoms with Crippen molar-refractivity contribution in [3.05, 3.63) is 35.9 Å². The Hall–Kier alpha value is -2.98. The van der Waals surface area contributed by atoms with Crippen LogP contribution in [0.15, 0.2) is 30.3 Å². The third kappa shape index (κ3) is 8.73. The summed E-state index contributed by atoms with van der Waals surface area (Å²) in [5.74, 6) is -3.57. The van der Waals surface area contributed by atoms with Gasteiger partial charge >= 0.3 is 5.97 Å². The lowest BCUT2D eigenvalue weighted by Gasteiger charge is -2.26. The number of rotatable bonds is 12. The fourth-order valence-electron chi connectivity index (χ4n) is 2.82. The largest absolute Gasteiger partial charge is 0.480 e. The molecular formula is C21H32N4O6. The van der Waals surface area contributed by atoms with Gasteiger partial charge in [-0.2, -0.15) is 0 Å². The molecule has 3 amide bonds. The molecule has 10 nitrogen and oxygen atoms in total. The molecule has 0 saturated carbocycles. The predicted octanol–water partition coefficient (Wildman–Crippen LogP) is -0.846. The van der Waals surface area contributed by atoms with Gasteiger partial charge in [-0.3, -0.25) is 14.4 Å². The number of aliphatic hydroxyl groups is 1. The highest BCUT2D eigenvalue weighted by Gasteiger charge is 2.31. The number of carbonyl (C=O) groups is 4. The molecule has 0 fully saturated rings. The van der Waals surface area contributed by atoms with Crippen molar-refractivity contribution in [3.8, 4) is 0 Å². The highest BCUT2D eigenvalue weighted by molar-refractivity contribution is 5.92. The fourth-order valence-corrected chi connectivity index (χ4v) is 2.82. The molecule has 0 radical (unpaired) electrons. The van der Waals surface area contributed by atoms with Gasteiger partial charge in [0.05, 0.1) is 18.7 Å². The second kappa shape index (κ2) is 12.7. The quantitative estimate of drug-likeness (QED) is 0.248. The molecule has 0 saturated heterocycles. The number of amides is 3. The Morgan fingerprint density at radius 3 is 2.13 bits per heavy atom. The lowest BCUT2D eigenvalue weighted by atomic mass is 9.97. The van der Waals surface area contributed by atoms with Crippen LogP contribution in [0.1, 0.15) is 32.8 Å². The summed E-state index contributed by atoms with van der Waals surface area (Å²) in [5, 5.41) is 25.9. The third-order valence-electron chi connectivity index (χ3n) is 4.92. The smallest absolute Gasteiger partial charge is 0.328 e. The first-order chi connectivity index (χ1) is 14.6. The summed E-state index contributed by atoms with van der Waals surface area (Å²) in [4.78, 5) is 48.2. The van der Waals surface area contributed by atoms with Crippen LogP contribution in [0, 0.1) is 5.92 Å². The Bertz CT molecular complexity index is 755. The molecule has 1 aromatic carbocycles. The van der Waals surface area contributed by atoms with E-state index in [4.69, 9.17) is 10.8 Å². The maximum atomic E-state index is 12.5. The minimum Gasteiger partial charge on any atom is -0.480 e. The first-order valence-electron chi connectivity index (χ1n) is 10.1. The SMILES string of the molecule is CCC(C)C(NC(=O)CNC(=O)C(N)Cc1ccccc1)C(=O)NC(C(=O)O)C(C)O. The van der Waals surface area contributed by atoms with Gasteiger partial charge in [0.25, 0.3) is 0 Å². The van der Waals surface area contributed by atoms with Crippen molar-refractivity contribution >= 4 is 23.7 Å². The van der Waals surface area contributed by atoms with Crippen LogP contribution in [0.3, 0.4) is 0 Å². The van der Waals surface area contributed by atoms with E-state index in [0.717, 1.165) is 5.56 Å². The van der Waals surface area contributed by atoms with E-state index in [1.807, 2.05) is 37.3 Å². The van der Waals surface area contributed by atoms with Gasteiger partial charge in [-0.1, -0.05) is 50.6 Å². The van der Waals surface area contributed by atoms with Crippen LogP contribution < -0.4 is 21.7 Å². The maximum absolute atomic E-state index is 12.5. The number of benzene rings is 1. The van der Waals surface area contributed by atoms with E-state index in [0.29, 0.717) is 12.8 Å². The Balaban J connectivity index is 2.65. The molecule has 0 aliphatic carbocycles. The molecule has 0 aliphatic heterocycles. The summed E-state index contributed by atoms with van der Waals surface area (Å²) >= 11 is 0. The number of aliphatic carboxylic acids is 1. The molecule has 0 spiro atoms. The predicted molar refractivity (Wildman–Crippen MR) is 114 cm³/mol. The molecule has 31 heavy (non-hydrogen) atoms. The van der Waals surface area contributed by atoms with Crippen molar-refractivity contribution in [3.63, 3.8) is 0 Å². The van der Waals surface area contributed by atoms with E-state index in [1.54, 1.807) is 6.92 Å². The number of carbonyl (C=O) groups excluding carboxylic acids is 3. The molecule has 0 aromatic heterocycles. The molecule has 5 unspecified atom stereocenters. The average molecular weight is 437 g/mol. The number of nitrogens with one attached hydrogen (secondary N) is 3. The van der Waals surface area contributed by atoms with Crippen molar-refractivity contribution in [2.75, 3.05) is 6.54 Å². The average Bonchev–Trinajstić information content (AvgIpc) is 2.73. The van der Waals surface area contributed by atoms with Gasteiger partial charge in [0.15, 0.2) is 6.04 Å². The molecule has 10 heteroatoms. The molecule has 1 aromatic rings. The zero-order chi connectivity index (χ0) is 23.6. The summed E-state index contributed by atoms with van der Waals surface area (Å²) in [6.45, 7) is 4.38. The van der Waals surface area contributed by atoms with Crippen LogP contribution in [0.4, 0.5) is 0 Å². The molecule has 172 valence electrons. The van der Waals surface area contributed by atoms with E-state index in [1.165, 1.54) is 6.92 Å². The van der Waals surface area contributed by atoms with Crippen LogP contribution in [-0.4, -0.2) is 64.7 Å². The Morgan fingerprint density at radius 2 is 1.61 bits per heavy atom. The van der Waals surface area contributed by atoms with Gasteiger partial charge in [-0.05, 0) is 24.8 Å². The highest BCUT2D eigenvalue weighted by atomic mass is 16.4. The second-order valence-corrected chi connectivity index (χ2v) is 7.51. The molecule has 7 N–H and O–H groups in total. The van der Waals surface area contributed by atoms with E-state index in [-0.39, 0.29) is 12.5 Å². The fraction of sp³-hybridized carbons (Fsp3) is 0.524. The highest BCUT2D eigenvalue weighted by Crippen LogP contribution is 2.09. The monoisotopic (exact) mass is 436 g/mol. The summed E-state index contributed by atoms with van der Waals surface area (Å²) in [7, 11) is 0. The van der Waals surface area contributed by atoms with Gasteiger partial charge < -0.3 is 31.9 Å². The Kier molecular flexibility index (Phi) is 10.6.